The first kappa shape index (κ1) is 24.0. The van der Waals surface area contributed by atoms with Gasteiger partial charge in [0.05, 0.1) is 24.0 Å². The van der Waals surface area contributed by atoms with Gasteiger partial charge in [0.15, 0.2) is 5.75 Å². The van der Waals surface area contributed by atoms with E-state index >= 15 is 0 Å². The van der Waals surface area contributed by atoms with Gasteiger partial charge in [0.2, 0.25) is 5.91 Å². The summed E-state index contributed by atoms with van der Waals surface area (Å²) in [5, 5.41) is 14.9. The second kappa shape index (κ2) is 10.8. The highest BCUT2D eigenvalue weighted by molar-refractivity contribution is 8.00. The number of nitrogens with one attached hydrogen (secondary N) is 1. The summed E-state index contributed by atoms with van der Waals surface area (Å²) in [6.07, 6.45) is 1.32. The van der Waals surface area contributed by atoms with Gasteiger partial charge in [0.25, 0.3) is 5.91 Å². The van der Waals surface area contributed by atoms with Crippen molar-refractivity contribution in [1.29, 1.82) is 0 Å². The second-order valence-corrected chi connectivity index (χ2v) is 8.75. The molecule has 1 heterocycles. The molecule has 0 spiro atoms. The maximum absolute atomic E-state index is 12.5. The third kappa shape index (κ3) is 5.67. The van der Waals surface area contributed by atoms with Gasteiger partial charge in [-0.05, 0) is 35.4 Å². The maximum Gasteiger partial charge on any atom is 0.311 e. The van der Waals surface area contributed by atoms with E-state index in [-0.39, 0.29) is 22.7 Å². The highest BCUT2D eigenvalue weighted by Gasteiger charge is 2.32. The summed E-state index contributed by atoms with van der Waals surface area (Å²) in [5.41, 5.74) is 5.06. The van der Waals surface area contributed by atoms with Crippen LogP contribution in [-0.2, 0) is 11.3 Å². The normalized spacial score (nSPS) is 15.4. The minimum Gasteiger partial charge on any atom is -0.490 e. The smallest absolute Gasteiger partial charge is 0.311 e. The van der Waals surface area contributed by atoms with Gasteiger partial charge < -0.3 is 9.64 Å². The van der Waals surface area contributed by atoms with Crippen LogP contribution in [0.25, 0.3) is 0 Å². The topological polar surface area (TPSA) is 114 Å². The predicted octanol–water partition coefficient (Wildman–Crippen LogP) is 4.14. The number of carbonyl (C=O) groups is 2. The number of hydrogen-bond donors (Lipinski definition) is 1. The van der Waals surface area contributed by atoms with Crippen molar-refractivity contribution in [3.05, 3.63) is 105 Å². The molecule has 1 fully saturated rings. The molecule has 35 heavy (non-hydrogen) atoms. The molecule has 9 nitrogen and oxygen atoms in total. The molecule has 0 saturated carbocycles. The number of benzene rings is 3. The molecule has 0 radical (unpaired) electrons. The number of thioether (sulfide) groups is 1. The monoisotopic (exact) mass is 490 g/mol. The lowest BCUT2D eigenvalue weighted by Gasteiger charge is -2.24. The summed E-state index contributed by atoms with van der Waals surface area (Å²) >= 11 is 1.56. The van der Waals surface area contributed by atoms with Gasteiger partial charge in [0, 0.05) is 23.7 Å². The molecule has 1 atom stereocenters. The zero-order valence-electron chi connectivity index (χ0n) is 18.8. The zero-order chi connectivity index (χ0) is 24.8. The minimum atomic E-state index is -0.548. The average molecular weight is 491 g/mol. The molecule has 0 aliphatic carbocycles. The summed E-state index contributed by atoms with van der Waals surface area (Å²) in [4.78, 5) is 37.4. The Morgan fingerprint density at radius 3 is 2.63 bits per heavy atom. The van der Waals surface area contributed by atoms with Gasteiger partial charge >= 0.3 is 5.69 Å². The molecule has 1 N–H and O–H groups in total. The SMILES string of the molecule is COc1ccc(/C=N\NC(=O)c2ccc([C@@H]3SCC(=O)N3Cc3ccccc3)cc2)cc1[N+](=O)[O-]. The van der Waals surface area contributed by atoms with Crippen LogP contribution in [0.2, 0.25) is 0 Å². The lowest BCUT2D eigenvalue weighted by molar-refractivity contribution is -0.385. The Balaban J connectivity index is 1.40. The van der Waals surface area contributed by atoms with E-state index in [1.165, 1.54) is 25.5 Å². The first-order valence-corrected chi connectivity index (χ1v) is 11.7. The van der Waals surface area contributed by atoms with Crippen molar-refractivity contribution >= 4 is 35.5 Å². The van der Waals surface area contributed by atoms with Crippen LogP contribution in [-0.4, -0.2) is 40.7 Å². The molecule has 3 aromatic carbocycles. The second-order valence-electron chi connectivity index (χ2n) is 7.68. The Morgan fingerprint density at radius 1 is 1.20 bits per heavy atom. The van der Waals surface area contributed by atoms with E-state index in [1.807, 2.05) is 47.4 Å². The van der Waals surface area contributed by atoms with Crippen molar-refractivity contribution in [2.24, 2.45) is 5.10 Å². The van der Waals surface area contributed by atoms with E-state index < -0.39 is 10.8 Å². The largest absolute Gasteiger partial charge is 0.490 e. The third-order valence-corrected chi connectivity index (χ3v) is 6.66. The van der Waals surface area contributed by atoms with Gasteiger partial charge in [-0.15, -0.1) is 11.8 Å². The number of hydrazone groups is 1. The van der Waals surface area contributed by atoms with Gasteiger partial charge in [-0.1, -0.05) is 42.5 Å². The number of rotatable bonds is 8. The number of hydrogen-bond acceptors (Lipinski definition) is 7. The van der Waals surface area contributed by atoms with Crippen LogP contribution in [0.1, 0.15) is 32.4 Å². The van der Waals surface area contributed by atoms with Crippen LogP contribution >= 0.6 is 11.8 Å². The summed E-state index contributed by atoms with van der Waals surface area (Å²) in [6.45, 7) is 0.526. The van der Waals surface area contributed by atoms with E-state index in [1.54, 1.807) is 30.0 Å². The standard InChI is InChI=1S/C25H22N4O5S/c1-34-22-12-7-18(13-21(22)29(32)33)14-26-27-24(31)19-8-10-20(11-9-19)25-28(23(30)16-35-25)15-17-5-3-2-4-6-17/h2-14,25H,15-16H2,1H3,(H,27,31)/b26-14-/t25-/m0/s1. The van der Waals surface area contributed by atoms with Crippen LogP contribution in [0.5, 0.6) is 5.75 Å². The lowest BCUT2D eigenvalue weighted by atomic mass is 10.1. The fourth-order valence-electron chi connectivity index (χ4n) is 3.64. The fraction of sp³-hybridized carbons (Fsp3) is 0.160. The highest BCUT2D eigenvalue weighted by Crippen LogP contribution is 2.39. The Bertz CT molecular complexity index is 1260. The van der Waals surface area contributed by atoms with E-state index in [2.05, 4.69) is 10.5 Å². The minimum absolute atomic E-state index is 0.0822. The average Bonchev–Trinajstić information content (AvgIpc) is 3.24. The highest BCUT2D eigenvalue weighted by atomic mass is 32.2. The van der Waals surface area contributed by atoms with Crippen molar-refractivity contribution in [3.63, 3.8) is 0 Å². The molecular weight excluding hydrogens is 468 g/mol. The van der Waals surface area contributed by atoms with Gasteiger partial charge in [-0.2, -0.15) is 5.10 Å². The van der Waals surface area contributed by atoms with Crippen LogP contribution in [0, 0.1) is 10.1 Å². The Hall–Kier alpha value is -4.18. The summed E-state index contributed by atoms with van der Waals surface area (Å²) < 4.78 is 4.97. The van der Waals surface area contributed by atoms with Crippen molar-refractivity contribution in [2.75, 3.05) is 12.9 Å². The molecule has 0 bridgehead atoms. The number of nitro benzene ring substituents is 1. The number of ether oxygens (including phenoxy) is 1. The summed E-state index contributed by atoms with van der Waals surface area (Å²) in [6, 6.07) is 21.2. The van der Waals surface area contributed by atoms with Crippen molar-refractivity contribution in [1.82, 2.24) is 10.3 Å². The van der Waals surface area contributed by atoms with Crippen LogP contribution in [0.3, 0.4) is 0 Å². The molecule has 1 saturated heterocycles. The van der Waals surface area contributed by atoms with Gasteiger partial charge in [-0.25, -0.2) is 5.43 Å². The first-order valence-electron chi connectivity index (χ1n) is 10.7. The molecule has 178 valence electrons. The molecular formula is C25H22N4O5S. The Kier molecular flexibility index (Phi) is 7.41. The fourth-order valence-corrected chi connectivity index (χ4v) is 4.83. The lowest BCUT2D eigenvalue weighted by Crippen LogP contribution is -2.27. The molecule has 10 heteroatoms. The number of carbonyl (C=O) groups excluding carboxylic acids is 2. The summed E-state index contributed by atoms with van der Waals surface area (Å²) in [5.74, 6) is 0.212. The quantitative estimate of drug-likeness (QED) is 0.288. The molecule has 0 aromatic heterocycles. The molecule has 3 aromatic rings. The zero-order valence-corrected chi connectivity index (χ0v) is 19.6. The van der Waals surface area contributed by atoms with E-state index in [0.29, 0.717) is 23.4 Å². The summed E-state index contributed by atoms with van der Waals surface area (Å²) in [7, 11) is 1.35. The van der Waals surface area contributed by atoms with Crippen molar-refractivity contribution < 1.29 is 19.2 Å². The van der Waals surface area contributed by atoms with Crippen LogP contribution in [0.4, 0.5) is 5.69 Å². The number of methoxy groups -OCH3 is 1. The predicted molar refractivity (Wildman–Crippen MR) is 133 cm³/mol. The first-order chi connectivity index (χ1) is 17.0. The molecule has 4 rings (SSSR count). The van der Waals surface area contributed by atoms with Crippen molar-refractivity contribution in [2.45, 2.75) is 11.9 Å². The maximum atomic E-state index is 12.5. The van der Waals surface area contributed by atoms with Gasteiger partial charge in [-0.3, -0.25) is 19.7 Å². The Morgan fingerprint density at radius 2 is 1.94 bits per heavy atom. The van der Waals surface area contributed by atoms with Crippen LogP contribution < -0.4 is 10.2 Å². The molecule has 0 unspecified atom stereocenters. The number of nitrogens with zero attached hydrogens (tertiary/aromatic N) is 3. The number of amides is 2. The van der Waals surface area contributed by atoms with E-state index in [0.717, 1.165) is 11.1 Å². The van der Waals surface area contributed by atoms with Gasteiger partial charge in [0.1, 0.15) is 5.37 Å². The molecule has 1 aliphatic rings. The Labute approximate surface area is 205 Å². The van der Waals surface area contributed by atoms with E-state index in [4.69, 9.17) is 4.74 Å². The van der Waals surface area contributed by atoms with E-state index in [9.17, 15) is 19.7 Å². The molecule has 2 amide bonds. The molecule has 1 aliphatic heterocycles. The number of nitro groups is 1. The third-order valence-electron chi connectivity index (χ3n) is 5.40. The van der Waals surface area contributed by atoms with Crippen molar-refractivity contribution in [3.8, 4) is 5.75 Å². The van der Waals surface area contributed by atoms with Crippen LogP contribution in [0.15, 0.2) is 77.9 Å².